The van der Waals surface area contributed by atoms with Crippen LogP contribution >= 0.6 is 0 Å². The Bertz CT molecular complexity index is 400. The van der Waals surface area contributed by atoms with Crippen molar-refractivity contribution in [3.63, 3.8) is 0 Å². The summed E-state index contributed by atoms with van der Waals surface area (Å²) in [6.07, 6.45) is 1.16. The van der Waals surface area contributed by atoms with Gasteiger partial charge in [0.1, 0.15) is 0 Å². The Morgan fingerprint density at radius 3 is 2.32 bits per heavy atom. The smallest absolute Gasteiger partial charge is 0.170 e. The molecule has 106 valence electrons. The minimum absolute atomic E-state index is 0.144. The van der Waals surface area contributed by atoms with Gasteiger partial charge in [0.2, 0.25) is 0 Å². The zero-order valence-corrected chi connectivity index (χ0v) is 12.0. The molecule has 0 fully saturated rings. The summed E-state index contributed by atoms with van der Waals surface area (Å²) in [5, 5.41) is 11.6. The summed E-state index contributed by atoms with van der Waals surface area (Å²) >= 11 is 0. The van der Waals surface area contributed by atoms with Crippen LogP contribution in [0, 0.1) is 0 Å². The second-order valence-corrected chi connectivity index (χ2v) is 5.08. The molecule has 1 aromatic rings. The van der Waals surface area contributed by atoms with Gasteiger partial charge in [-0.15, -0.1) is 0 Å². The summed E-state index contributed by atoms with van der Waals surface area (Å²) in [6, 6.07) is 7.77. The molecule has 0 aromatic heterocycles. The van der Waals surface area contributed by atoms with Crippen molar-refractivity contribution in [1.82, 2.24) is 9.80 Å². The lowest BCUT2D eigenvalue weighted by atomic mass is 10.1. The molecule has 19 heavy (non-hydrogen) atoms. The number of hydrogen-bond acceptors (Lipinski definition) is 4. The van der Waals surface area contributed by atoms with Crippen LogP contribution in [0.4, 0.5) is 0 Å². The predicted molar refractivity (Wildman–Crippen MR) is 78.5 cm³/mol. The molecule has 0 aliphatic carbocycles. The lowest BCUT2D eigenvalue weighted by Crippen LogP contribution is -2.23. The zero-order valence-electron chi connectivity index (χ0n) is 12.0. The molecule has 3 N–H and O–H groups in total. The molecule has 5 heteroatoms. The van der Waals surface area contributed by atoms with Crippen LogP contribution in [0.1, 0.15) is 17.5 Å². The molecule has 0 unspecified atom stereocenters. The molecule has 0 saturated heterocycles. The Morgan fingerprint density at radius 1 is 1.16 bits per heavy atom. The lowest BCUT2D eigenvalue weighted by Gasteiger charge is -2.18. The largest absolute Gasteiger partial charge is 0.409 e. The zero-order chi connectivity index (χ0) is 14.3. The Morgan fingerprint density at radius 2 is 1.79 bits per heavy atom. The quantitative estimate of drug-likeness (QED) is 0.336. The highest BCUT2D eigenvalue weighted by Crippen LogP contribution is 2.07. The maximum absolute atomic E-state index is 8.60. The topological polar surface area (TPSA) is 65.1 Å². The number of rotatable bonds is 7. The Kier molecular flexibility index (Phi) is 6.32. The third-order valence-electron chi connectivity index (χ3n) is 2.96. The lowest BCUT2D eigenvalue weighted by molar-refractivity contribution is 0.294. The molecule has 1 aromatic carbocycles. The number of benzene rings is 1. The van der Waals surface area contributed by atoms with E-state index < -0.39 is 0 Å². The molecule has 0 bridgehead atoms. The van der Waals surface area contributed by atoms with E-state index in [1.54, 1.807) is 0 Å². The van der Waals surface area contributed by atoms with Crippen LogP contribution in [0.2, 0.25) is 0 Å². The first-order chi connectivity index (χ1) is 9.02. The summed E-state index contributed by atoms with van der Waals surface area (Å²) in [7, 11) is 6.30. The van der Waals surface area contributed by atoms with E-state index in [0.29, 0.717) is 0 Å². The van der Waals surface area contributed by atoms with Gasteiger partial charge in [-0.2, -0.15) is 0 Å². The van der Waals surface area contributed by atoms with Gasteiger partial charge in [0.15, 0.2) is 5.84 Å². The van der Waals surface area contributed by atoms with Gasteiger partial charge in [-0.05, 0) is 46.2 Å². The molecule has 0 heterocycles. The fraction of sp³-hybridized carbons (Fsp3) is 0.500. The Labute approximate surface area is 115 Å². The molecule has 5 nitrogen and oxygen atoms in total. The maximum Gasteiger partial charge on any atom is 0.170 e. The molecule has 0 radical (unpaired) electrons. The minimum Gasteiger partial charge on any atom is -0.409 e. The van der Waals surface area contributed by atoms with E-state index in [9.17, 15) is 0 Å². The summed E-state index contributed by atoms with van der Waals surface area (Å²) < 4.78 is 0. The summed E-state index contributed by atoms with van der Waals surface area (Å²) in [5.74, 6) is 0.144. The van der Waals surface area contributed by atoms with Crippen LogP contribution in [0.5, 0.6) is 0 Å². The van der Waals surface area contributed by atoms with E-state index in [-0.39, 0.29) is 5.84 Å². The van der Waals surface area contributed by atoms with E-state index in [4.69, 9.17) is 10.9 Å². The Balaban J connectivity index is 2.44. The number of hydrogen-bond donors (Lipinski definition) is 2. The third-order valence-corrected chi connectivity index (χ3v) is 2.96. The number of oxime groups is 1. The van der Waals surface area contributed by atoms with Crippen LogP contribution in [-0.4, -0.2) is 55.1 Å². The van der Waals surface area contributed by atoms with Gasteiger partial charge < -0.3 is 20.7 Å². The number of nitrogens with zero attached hydrogens (tertiary/aromatic N) is 3. The van der Waals surface area contributed by atoms with Crippen LogP contribution in [0.3, 0.4) is 0 Å². The molecule has 1 rings (SSSR count). The highest BCUT2D eigenvalue weighted by molar-refractivity contribution is 5.96. The molecular formula is C14H24N4O. The molecule has 0 amide bonds. The van der Waals surface area contributed by atoms with Crippen LogP contribution in [0.15, 0.2) is 29.4 Å². The minimum atomic E-state index is 0.144. The standard InChI is InChI=1S/C14H24N4O/c1-17(2)9-4-10-18(3)11-12-5-7-13(8-6-12)14(15)16-19/h5-8,19H,4,9-11H2,1-3H3,(H2,15,16). The first-order valence-corrected chi connectivity index (χ1v) is 6.43. The van der Waals surface area contributed by atoms with Crippen molar-refractivity contribution in [3.05, 3.63) is 35.4 Å². The van der Waals surface area contributed by atoms with E-state index in [1.165, 1.54) is 5.56 Å². The van der Waals surface area contributed by atoms with Crippen LogP contribution in [-0.2, 0) is 6.54 Å². The normalized spacial score (nSPS) is 12.4. The van der Waals surface area contributed by atoms with Crippen molar-refractivity contribution in [3.8, 4) is 0 Å². The second-order valence-electron chi connectivity index (χ2n) is 5.08. The SMILES string of the molecule is CN(C)CCCN(C)Cc1ccc(/C(N)=N/O)cc1. The molecule has 0 atom stereocenters. The van der Waals surface area contributed by atoms with E-state index in [0.717, 1.165) is 31.6 Å². The highest BCUT2D eigenvalue weighted by Gasteiger charge is 2.03. The maximum atomic E-state index is 8.60. The average Bonchev–Trinajstić information content (AvgIpc) is 2.38. The van der Waals surface area contributed by atoms with Gasteiger partial charge in [0.05, 0.1) is 0 Å². The molecular weight excluding hydrogens is 240 g/mol. The first kappa shape index (κ1) is 15.5. The van der Waals surface area contributed by atoms with E-state index in [1.807, 2.05) is 24.3 Å². The van der Waals surface area contributed by atoms with Gasteiger partial charge in [-0.3, -0.25) is 0 Å². The van der Waals surface area contributed by atoms with Crippen molar-refractivity contribution < 1.29 is 5.21 Å². The fourth-order valence-corrected chi connectivity index (χ4v) is 1.89. The Hall–Kier alpha value is -1.59. The number of amidine groups is 1. The third kappa shape index (κ3) is 5.72. The molecule has 0 saturated carbocycles. The summed E-state index contributed by atoms with van der Waals surface area (Å²) in [5.41, 5.74) is 7.49. The van der Waals surface area contributed by atoms with Gasteiger partial charge in [-0.25, -0.2) is 0 Å². The second kappa shape index (κ2) is 7.76. The van der Waals surface area contributed by atoms with E-state index in [2.05, 4.69) is 36.1 Å². The van der Waals surface area contributed by atoms with Crippen molar-refractivity contribution in [1.29, 1.82) is 0 Å². The van der Waals surface area contributed by atoms with Gasteiger partial charge in [0.25, 0.3) is 0 Å². The van der Waals surface area contributed by atoms with Crippen LogP contribution in [0.25, 0.3) is 0 Å². The summed E-state index contributed by atoms with van der Waals surface area (Å²) in [4.78, 5) is 4.49. The highest BCUT2D eigenvalue weighted by atomic mass is 16.4. The van der Waals surface area contributed by atoms with Crippen molar-refractivity contribution in [2.24, 2.45) is 10.9 Å². The monoisotopic (exact) mass is 264 g/mol. The first-order valence-electron chi connectivity index (χ1n) is 6.43. The molecule has 0 aliphatic rings. The van der Waals surface area contributed by atoms with Crippen molar-refractivity contribution >= 4 is 5.84 Å². The molecule has 0 spiro atoms. The average molecular weight is 264 g/mol. The van der Waals surface area contributed by atoms with Crippen molar-refractivity contribution in [2.75, 3.05) is 34.2 Å². The van der Waals surface area contributed by atoms with Crippen molar-refractivity contribution in [2.45, 2.75) is 13.0 Å². The molecule has 0 aliphatic heterocycles. The van der Waals surface area contributed by atoms with E-state index >= 15 is 0 Å². The number of nitrogens with two attached hydrogens (primary N) is 1. The van der Waals surface area contributed by atoms with Gasteiger partial charge in [0, 0.05) is 12.1 Å². The van der Waals surface area contributed by atoms with Gasteiger partial charge >= 0.3 is 0 Å². The fourth-order valence-electron chi connectivity index (χ4n) is 1.89. The van der Waals surface area contributed by atoms with Gasteiger partial charge in [-0.1, -0.05) is 29.4 Å². The predicted octanol–water partition coefficient (Wildman–Crippen LogP) is 1.16. The summed E-state index contributed by atoms with van der Waals surface area (Å²) in [6.45, 7) is 3.08. The van der Waals surface area contributed by atoms with Crippen LogP contribution < -0.4 is 5.73 Å².